The van der Waals surface area contributed by atoms with Gasteiger partial charge in [0.15, 0.2) is 5.76 Å². The van der Waals surface area contributed by atoms with Gasteiger partial charge in [0.25, 0.3) is 11.6 Å². The number of furan rings is 1. The molecule has 0 aliphatic rings. The summed E-state index contributed by atoms with van der Waals surface area (Å²) in [6.07, 6.45) is 4.95. The van der Waals surface area contributed by atoms with Crippen LogP contribution < -0.4 is 5.32 Å². The number of pyridine rings is 2. The first-order valence-electron chi connectivity index (χ1n) is 8.15. The molecule has 0 radical (unpaired) electrons. The number of fused-ring (bicyclic) bond motifs is 1. The molecule has 0 aromatic carbocycles. The first-order chi connectivity index (χ1) is 12.6. The second-order valence-corrected chi connectivity index (χ2v) is 5.96. The number of nitrogens with zero attached hydrogens (tertiary/aromatic N) is 3. The summed E-state index contributed by atoms with van der Waals surface area (Å²) < 4.78 is 10.7. The predicted octanol–water partition coefficient (Wildman–Crippen LogP) is 3.68. The molecule has 0 aliphatic heterocycles. The molecule has 0 spiro atoms. The zero-order valence-electron chi connectivity index (χ0n) is 14.3. The van der Waals surface area contributed by atoms with Gasteiger partial charge in [0.1, 0.15) is 5.69 Å². The highest BCUT2D eigenvalue weighted by molar-refractivity contribution is 6.07. The largest absolute Gasteiger partial charge is 0.463 e. The van der Waals surface area contributed by atoms with E-state index in [1.165, 1.54) is 0 Å². The molecule has 4 aromatic rings. The summed E-state index contributed by atoms with van der Waals surface area (Å²) >= 11 is 0. The van der Waals surface area contributed by atoms with Crippen LogP contribution in [0, 0.1) is 6.92 Å². The van der Waals surface area contributed by atoms with Gasteiger partial charge in [-0.25, -0.2) is 4.98 Å². The van der Waals surface area contributed by atoms with Crippen molar-refractivity contribution in [1.29, 1.82) is 0 Å². The SMILES string of the molecule is Cc1noc2nc(-c3ccco3)cc(C(=O)N[C@@H](C)c3ccncc3)c12. The Bertz CT molecular complexity index is 1060. The maximum absolute atomic E-state index is 13.0. The van der Waals surface area contributed by atoms with Crippen LogP contribution in [0.4, 0.5) is 0 Å². The minimum atomic E-state index is -0.235. The van der Waals surface area contributed by atoms with Gasteiger partial charge in [-0.1, -0.05) is 5.16 Å². The zero-order valence-corrected chi connectivity index (χ0v) is 14.3. The number of hydrogen-bond acceptors (Lipinski definition) is 6. The standard InChI is InChI=1S/C19H16N4O3/c1-11(13-5-7-20-8-6-13)21-18(24)14-10-15(16-4-3-9-25-16)22-19-17(14)12(2)23-26-19/h3-11H,1-2H3,(H,21,24)/t11-/m0/s1. The number of hydrogen-bond donors (Lipinski definition) is 1. The summed E-state index contributed by atoms with van der Waals surface area (Å²) in [5, 5.41) is 7.54. The Morgan fingerprint density at radius 2 is 2.04 bits per heavy atom. The lowest BCUT2D eigenvalue weighted by Gasteiger charge is -2.14. The van der Waals surface area contributed by atoms with Gasteiger partial charge in [-0.3, -0.25) is 9.78 Å². The summed E-state index contributed by atoms with van der Waals surface area (Å²) in [7, 11) is 0. The van der Waals surface area contributed by atoms with Gasteiger partial charge < -0.3 is 14.3 Å². The molecular weight excluding hydrogens is 332 g/mol. The number of carbonyl (C=O) groups is 1. The molecule has 0 bridgehead atoms. The van der Waals surface area contributed by atoms with Crippen molar-refractivity contribution in [2.45, 2.75) is 19.9 Å². The van der Waals surface area contributed by atoms with Crippen LogP contribution in [0.3, 0.4) is 0 Å². The maximum Gasteiger partial charge on any atom is 0.259 e. The normalized spacial score (nSPS) is 12.2. The monoisotopic (exact) mass is 348 g/mol. The third-order valence-corrected chi connectivity index (χ3v) is 4.19. The minimum Gasteiger partial charge on any atom is -0.463 e. The molecule has 0 saturated carbocycles. The molecule has 1 atom stereocenters. The van der Waals surface area contributed by atoms with Crippen LogP contribution >= 0.6 is 0 Å². The van der Waals surface area contributed by atoms with Crippen LogP contribution in [0.15, 0.2) is 57.9 Å². The minimum absolute atomic E-state index is 0.180. The summed E-state index contributed by atoms with van der Waals surface area (Å²) in [6, 6.07) is 8.79. The topological polar surface area (TPSA) is 94.0 Å². The van der Waals surface area contributed by atoms with Crippen molar-refractivity contribution < 1.29 is 13.7 Å². The van der Waals surface area contributed by atoms with Crippen LogP contribution in [-0.2, 0) is 0 Å². The first kappa shape index (κ1) is 16.0. The highest BCUT2D eigenvalue weighted by Crippen LogP contribution is 2.27. The molecule has 0 fully saturated rings. The van der Waals surface area contributed by atoms with E-state index in [0.717, 1.165) is 5.56 Å². The highest BCUT2D eigenvalue weighted by atomic mass is 16.5. The Morgan fingerprint density at radius 1 is 1.23 bits per heavy atom. The van der Waals surface area contributed by atoms with Crippen molar-refractivity contribution in [3.63, 3.8) is 0 Å². The Balaban J connectivity index is 1.74. The Hall–Kier alpha value is -3.48. The van der Waals surface area contributed by atoms with E-state index in [-0.39, 0.29) is 11.9 Å². The van der Waals surface area contributed by atoms with Crippen molar-refractivity contribution in [1.82, 2.24) is 20.4 Å². The molecule has 26 heavy (non-hydrogen) atoms. The van der Waals surface area contributed by atoms with E-state index < -0.39 is 0 Å². The average Bonchev–Trinajstić information content (AvgIpc) is 3.32. The molecule has 0 aliphatic carbocycles. The fourth-order valence-corrected chi connectivity index (χ4v) is 2.83. The molecule has 7 heteroatoms. The van der Waals surface area contributed by atoms with E-state index in [1.54, 1.807) is 43.8 Å². The average molecular weight is 348 g/mol. The van der Waals surface area contributed by atoms with Gasteiger partial charge in [0.05, 0.1) is 28.9 Å². The van der Waals surface area contributed by atoms with E-state index in [1.807, 2.05) is 19.1 Å². The molecule has 4 heterocycles. The second kappa shape index (κ2) is 6.44. The van der Waals surface area contributed by atoms with Crippen molar-refractivity contribution >= 4 is 17.0 Å². The fraction of sp³-hybridized carbons (Fsp3) is 0.158. The van der Waals surface area contributed by atoms with Crippen molar-refractivity contribution in [3.05, 3.63) is 65.8 Å². The predicted molar refractivity (Wildman–Crippen MR) is 94.4 cm³/mol. The molecule has 4 rings (SSSR count). The Morgan fingerprint density at radius 3 is 2.77 bits per heavy atom. The fourth-order valence-electron chi connectivity index (χ4n) is 2.83. The van der Waals surface area contributed by atoms with Crippen molar-refractivity contribution in [2.75, 3.05) is 0 Å². The van der Waals surface area contributed by atoms with Gasteiger partial charge in [0.2, 0.25) is 0 Å². The lowest BCUT2D eigenvalue weighted by molar-refractivity contribution is 0.0941. The molecule has 7 nitrogen and oxygen atoms in total. The van der Waals surface area contributed by atoms with Crippen LogP contribution in [0.5, 0.6) is 0 Å². The van der Waals surface area contributed by atoms with Crippen LogP contribution in [0.2, 0.25) is 0 Å². The summed E-state index contributed by atoms with van der Waals surface area (Å²) in [6.45, 7) is 3.70. The molecular formula is C19H16N4O3. The van der Waals surface area contributed by atoms with Gasteiger partial charge in [-0.2, -0.15) is 0 Å². The quantitative estimate of drug-likeness (QED) is 0.604. The smallest absolute Gasteiger partial charge is 0.259 e. The third-order valence-electron chi connectivity index (χ3n) is 4.19. The third kappa shape index (κ3) is 2.83. The molecule has 4 aromatic heterocycles. The number of rotatable bonds is 4. The van der Waals surface area contributed by atoms with Crippen LogP contribution in [0.25, 0.3) is 22.6 Å². The van der Waals surface area contributed by atoms with Gasteiger partial charge in [-0.05, 0) is 49.7 Å². The lowest BCUT2D eigenvalue weighted by Crippen LogP contribution is -2.27. The summed E-state index contributed by atoms with van der Waals surface area (Å²) in [5.74, 6) is 0.318. The van der Waals surface area contributed by atoms with E-state index in [9.17, 15) is 4.79 Å². The number of aryl methyl sites for hydroxylation is 1. The van der Waals surface area contributed by atoms with E-state index >= 15 is 0 Å². The first-order valence-corrected chi connectivity index (χ1v) is 8.15. The van der Waals surface area contributed by atoms with Crippen molar-refractivity contribution in [3.8, 4) is 11.5 Å². The lowest BCUT2D eigenvalue weighted by atomic mass is 10.1. The highest BCUT2D eigenvalue weighted by Gasteiger charge is 2.21. The number of nitrogens with one attached hydrogen (secondary N) is 1. The second-order valence-electron chi connectivity index (χ2n) is 5.96. The zero-order chi connectivity index (χ0) is 18.1. The van der Waals surface area contributed by atoms with Crippen LogP contribution in [-0.4, -0.2) is 21.0 Å². The Labute approximate surface area is 149 Å². The molecule has 1 N–H and O–H groups in total. The van der Waals surface area contributed by atoms with Gasteiger partial charge in [-0.15, -0.1) is 0 Å². The maximum atomic E-state index is 13.0. The van der Waals surface area contributed by atoms with Crippen LogP contribution in [0.1, 0.15) is 34.6 Å². The number of amides is 1. The van der Waals surface area contributed by atoms with E-state index in [4.69, 9.17) is 8.94 Å². The van der Waals surface area contributed by atoms with E-state index in [0.29, 0.717) is 33.8 Å². The Kier molecular flexibility index (Phi) is 3.96. The van der Waals surface area contributed by atoms with Gasteiger partial charge in [0, 0.05) is 12.4 Å². The summed E-state index contributed by atoms with van der Waals surface area (Å²) in [4.78, 5) is 21.4. The van der Waals surface area contributed by atoms with E-state index in [2.05, 4.69) is 20.4 Å². The number of aromatic nitrogens is 3. The summed E-state index contributed by atoms with van der Waals surface area (Å²) in [5.41, 5.74) is 2.84. The molecule has 130 valence electrons. The molecule has 1 amide bonds. The molecule has 0 saturated heterocycles. The van der Waals surface area contributed by atoms with Gasteiger partial charge >= 0.3 is 0 Å². The number of carbonyl (C=O) groups excluding carboxylic acids is 1. The molecule has 0 unspecified atom stereocenters. The van der Waals surface area contributed by atoms with Crippen molar-refractivity contribution in [2.24, 2.45) is 0 Å².